The zero-order valence-electron chi connectivity index (χ0n) is 18.6. The van der Waals surface area contributed by atoms with Crippen LogP contribution in [-0.2, 0) is 19.6 Å². The summed E-state index contributed by atoms with van der Waals surface area (Å²) in [6.45, 7) is 9.97. The normalized spacial score (nSPS) is 20.8. The molecule has 2 aromatic carbocycles. The zero-order valence-corrected chi connectivity index (χ0v) is 19.4. The summed E-state index contributed by atoms with van der Waals surface area (Å²) in [5.74, 6) is 0.352. The maximum atomic E-state index is 12.9. The molecule has 7 nitrogen and oxygen atoms in total. The number of ether oxygens (including phenoxy) is 2. The average Bonchev–Trinajstić information content (AvgIpc) is 2.71. The Labute approximate surface area is 184 Å². The van der Waals surface area contributed by atoms with Crippen molar-refractivity contribution >= 4 is 21.6 Å². The van der Waals surface area contributed by atoms with Crippen LogP contribution in [0.4, 0.5) is 5.69 Å². The summed E-state index contributed by atoms with van der Waals surface area (Å²) < 4.78 is 38.8. The molecule has 3 rings (SSSR count). The highest BCUT2D eigenvalue weighted by Gasteiger charge is 2.32. The van der Waals surface area contributed by atoms with Gasteiger partial charge in [0.15, 0.2) is 6.10 Å². The van der Waals surface area contributed by atoms with Gasteiger partial charge in [-0.15, -0.1) is 0 Å². The first kappa shape index (κ1) is 23.2. The molecular weight excluding hydrogens is 416 g/mol. The number of anilines is 1. The summed E-state index contributed by atoms with van der Waals surface area (Å²) in [7, 11) is -3.62. The number of carbonyl (C=O) groups excluding carboxylic acids is 1. The van der Waals surface area contributed by atoms with Crippen molar-refractivity contribution in [3.8, 4) is 5.75 Å². The van der Waals surface area contributed by atoms with Gasteiger partial charge in [0.25, 0.3) is 5.91 Å². The zero-order chi connectivity index (χ0) is 22.8. The maximum absolute atomic E-state index is 12.9. The van der Waals surface area contributed by atoms with Crippen LogP contribution in [0.3, 0.4) is 0 Å². The average molecular weight is 447 g/mol. The van der Waals surface area contributed by atoms with Gasteiger partial charge in [0.05, 0.1) is 17.1 Å². The van der Waals surface area contributed by atoms with Crippen LogP contribution in [0.25, 0.3) is 0 Å². The molecule has 3 atom stereocenters. The molecule has 0 bridgehead atoms. The molecule has 2 aromatic rings. The summed E-state index contributed by atoms with van der Waals surface area (Å²) >= 11 is 0. The molecular formula is C23H30N2O5S. The third kappa shape index (κ3) is 5.44. The van der Waals surface area contributed by atoms with Gasteiger partial charge in [-0.1, -0.05) is 12.1 Å². The predicted octanol–water partition coefficient (Wildman–Crippen LogP) is 3.51. The number of morpholine rings is 1. The lowest BCUT2D eigenvalue weighted by molar-refractivity contribution is -0.122. The summed E-state index contributed by atoms with van der Waals surface area (Å²) in [5.41, 5.74) is 2.58. The van der Waals surface area contributed by atoms with Gasteiger partial charge >= 0.3 is 0 Å². The van der Waals surface area contributed by atoms with Crippen LogP contribution in [0.1, 0.15) is 31.9 Å². The molecule has 3 unspecified atom stereocenters. The summed E-state index contributed by atoms with van der Waals surface area (Å²) in [6.07, 6.45) is -1.02. The van der Waals surface area contributed by atoms with Crippen LogP contribution in [0, 0.1) is 13.8 Å². The van der Waals surface area contributed by atoms with Crippen LogP contribution in [0.5, 0.6) is 5.75 Å². The number of nitrogens with zero attached hydrogens (tertiary/aromatic N) is 1. The summed E-state index contributed by atoms with van der Waals surface area (Å²) in [6, 6.07) is 11.9. The van der Waals surface area contributed by atoms with E-state index in [0.717, 1.165) is 11.1 Å². The lowest BCUT2D eigenvalue weighted by atomic mass is 10.1. The molecule has 1 aliphatic heterocycles. The maximum Gasteiger partial charge on any atom is 0.265 e. The minimum atomic E-state index is -3.62. The van der Waals surface area contributed by atoms with Gasteiger partial charge in [0, 0.05) is 18.8 Å². The van der Waals surface area contributed by atoms with Crippen molar-refractivity contribution in [1.82, 2.24) is 4.31 Å². The van der Waals surface area contributed by atoms with Crippen molar-refractivity contribution in [1.29, 1.82) is 0 Å². The molecule has 0 aromatic heterocycles. The van der Waals surface area contributed by atoms with Crippen molar-refractivity contribution in [3.63, 3.8) is 0 Å². The van der Waals surface area contributed by atoms with E-state index in [-0.39, 0.29) is 23.0 Å². The molecule has 0 aliphatic carbocycles. The number of rotatable bonds is 6. The Bertz CT molecular complexity index is 1030. The fourth-order valence-corrected chi connectivity index (χ4v) is 5.12. The largest absolute Gasteiger partial charge is 0.481 e. The standard InChI is InChI=1S/C23H30N2O5S/c1-15-7-6-8-22(18(15)4)30-19(5)23(26)24-20-9-11-21(12-10-20)31(27,28)25-13-16(2)29-17(3)14-25/h6-12,16-17,19H,13-14H2,1-5H3,(H,24,26). The van der Waals surface area contributed by atoms with Crippen molar-refractivity contribution in [2.75, 3.05) is 18.4 Å². The van der Waals surface area contributed by atoms with Crippen molar-refractivity contribution < 1.29 is 22.7 Å². The fourth-order valence-electron chi connectivity index (χ4n) is 3.53. The predicted molar refractivity (Wildman–Crippen MR) is 120 cm³/mol. The van der Waals surface area contributed by atoms with Crippen LogP contribution in [0.2, 0.25) is 0 Å². The van der Waals surface area contributed by atoms with Gasteiger partial charge in [0.2, 0.25) is 10.0 Å². The van der Waals surface area contributed by atoms with E-state index in [4.69, 9.17) is 9.47 Å². The van der Waals surface area contributed by atoms with E-state index in [2.05, 4.69) is 5.32 Å². The van der Waals surface area contributed by atoms with E-state index in [0.29, 0.717) is 24.5 Å². The number of hydrogen-bond acceptors (Lipinski definition) is 5. The molecule has 168 valence electrons. The molecule has 1 N–H and O–H groups in total. The molecule has 0 spiro atoms. The van der Waals surface area contributed by atoms with Gasteiger partial charge in [0.1, 0.15) is 5.75 Å². The Hall–Kier alpha value is -2.42. The number of aryl methyl sites for hydroxylation is 1. The molecule has 1 heterocycles. The minimum Gasteiger partial charge on any atom is -0.481 e. The highest BCUT2D eigenvalue weighted by atomic mass is 32.2. The van der Waals surface area contributed by atoms with E-state index in [1.165, 1.54) is 16.4 Å². The second-order valence-electron chi connectivity index (χ2n) is 8.05. The number of hydrogen-bond donors (Lipinski definition) is 1. The van der Waals surface area contributed by atoms with Crippen LogP contribution >= 0.6 is 0 Å². The summed E-state index contributed by atoms with van der Waals surface area (Å²) in [4.78, 5) is 12.7. The van der Waals surface area contributed by atoms with Gasteiger partial charge in [-0.2, -0.15) is 4.31 Å². The molecule has 1 fully saturated rings. The monoisotopic (exact) mass is 446 g/mol. The second-order valence-corrected chi connectivity index (χ2v) is 9.99. The topological polar surface area (TPSA) is 84.9 Å². The highest BCUT2D eigenvalue weighted by Crippen LogP contribution is 2.24. The first-order valence-electron chi connectivity index (χ1n) is 10.4. The molecule has 1 amide bonds. The van der Waals surface area contributed by atoms with Gasteiger partial charge in [-0.3, -0.25) is 4.79 Å². The first-order chi connectivity index (χ1) is 14.6. The Kier molecular flexibility index (Phi) is 7.03. The van der Waals surface area contributed by atoms with E-state index < -0.39 is 16.1 Å². The summed E-state index contributed by atoms with van der Waals surface area (Å²) in [5, 5.41) is 2.78. The molecule has 31 heavy (non-hydrogen) atoms. The number of benzene rings is 2. The minimum absolute atomic E-state index is 0.157. The third-order valence-electron chi connectivity index (χ3n) is 5.37. The lowest BCUT2D eigenvalue weighted by Gasteiger charge is -2.34. The van der Waals surface area contributed by atoms with Crippen molar-refractivity contribution in [2.45, 2.75) is 57.8 Å². The molecule has 1 aliphatic rings. The lowest BCUT2D eigenvalue weighted by Crippen LogP contribution is -2.48. The molecule has 1 saturated heterocycles. The van der Waals surface area contributed by atoms with Gasteiger partial charge in [-0.25, -0.2) is 8.42 Å². The molecule has 8 heteroatoms. The highest BCUT2D eigenvalue weighted by molar-refractivity contribution is 7.89. The van der Waals surface area contributed by atoms with E-state index in [9.17, 15) is 13.2 Å². The third-order valence-corrected chi connectivity index (χ3v) is 7.22. The van der Waals surface area contributed by atoms with Crippen LogP contribution < -0.4 is 10.1 Å². The van der Waals surface area contributed by atoms with Gasteiger partial charge < -0.3 is 14.8 Å². The Balaban J connectivity index is 1.66. The Morgan fingerprint density at radius 1 is 1.10 bits per heavy atom. The number of nitrogens with one attached hydrogen (secondary N) is 1. The quantitative estimate of drug-likeness (QED) is 0.734. The van der Waals surface area contributed by atoms with Crippen molar-refractivity contribution in [2.24, 2.45) is 0 Å². The van der Waals surface area contributed by atoms with E-state index in [1.807, 2.05) is 45.9 Å². The second kappa shape index (κ2) is 9.38. The number of amides is 1. The number of sulfonamides is 1. The Morgan fingerprint density at radius 2 is 1.71 bits per heavy atom. The van der Waals surface area contributed by atoms with Crippen LogP contribution in [0.15, 0.2) is 47.4 Å². The van der Waals surface area contributed by atoms with E-state index in [1.54, 1.807) is 19.1 Å². The Morgan fingerprint density at radius 3 is 2.32 bits per heavy atom. The first-order valence-corrected chi connectivity index (χ1v) is 11.8. The molecule has 0 radical (unpaired) electrons. The van der Waals surface area contributed by atoms with Crippen molar-refractivity contribution in [3.05, 3.63) is 53.6 Å². The number of carbonyl (C=O) groups is 1. The SMILES string of the molecule is Cc1cccc(OC(C)C(=O)Nc2ccc(S(=O)(=O)N3CC(C)OC(C)C3)cc2)c1C. The van der Waals surface area contributed by atoms with Gasteiger partial charge in [-0.05, 0) is 76.1 Å². The van der Waals surface area contributed by atoms with Crippen LogP contribution in [-0.4, -0.2) is 50.0 Å². The smallest absolute Gasteiger partial charge is 0.265 e. The van der Waals surface area contributed by atoms with E-state index >= 15 is 0 Å². The molecule has 0 saturated carbocycles. The fraction of sp³-hybridized carbons (Fsp3) is 0.435.